The second-order valence-electron chi connectivity index (χ2n) is 3.83. The van der Waals surface area contributed by atoms with Gasteiger partial charge in [0.25, 0.3) is 0 Å². The van der Waals surface area contributed by atoms with Crippen molar-refractivity contribution in [2.24, 2.45) is 5.92 Å². The molecule has 1 saturated carbocycles. The lowest BCUT2D eigenvalue weighted by Crippen LogP contribution is -2.26. The third kappa shape index (κ3) is 1.35. The second kappa shape index (κ2) is 2.96. The summed E-state index contributed by atoms with van der Waals surface area (Å²) < 4.78 is 0. The van der Waals surface area contributed by atoms with E-state index in [0.717, 1.165) is 6.42 Å². The van der Waals surface area contributed by atoms with Gasteiger partial charge in [-0.1, -0.05) is 0 Å². The molecule has 3 N–H and O–H groups in total. The van der Waals surface area contributed by atoms with E-state index in [-0.39, 0.29) is 6.61 Å². The van der Waals surface area contributed by atoms with Crippen LogP contribution in [0.5, 0.6) is 0 Å². The highest BCUT2D eigenvalue weighted by atomic mass is 16.3. The van der Waals surface area contributed by atoms with Crippen molar-refractivity contribution in [3.8, 4) is 0 Å². The zero-order valence-electron chi connectivity index (χ0n) is 6.93. The summed E-state index contributed by atoms with van der Waals surface area (Å²) in [5, 5.41) is 27.3. The number of rotatable bonds is 2. The molecule has 1 aliphatic carbocycles. The molecule has 70 valence electrons. The van der Waals surface area contributed by atoms with Crippen LogP contribution >= 0.6 is 0 Å². The summed E-state index contributed by atoms with van der Waals surface area (Å²) in [5.41, 5.74) is 0. The zero-order valence-corrected chi connectivity index (χ0v) is 6.93. The summed E-state index contributed by atoms with van der Waals surface area (Å²) in [5.74, 6) is 0.377. The lowest BCUT2D eigenvalue weighted by molar-refractivity contribution is 0.0572. The van der Waals surface area contributed by atoms with Gasteiger partial charge in [0.1, 0.15) is 0 Å². The number of hydrogen-bond acceptors (Lipinski definition) is 4. The van der Waals surface area contributed by atoms with Crippen molar-refractivity contribution in [1.82, 2.24) is 4.90 Å². The van der Waals surface area contributed by atoms with E-state index in [1.807, 2.05) is 0 Å². The van der Waals surface area contributed by atoms with Gasteiger partial charge < -0.3 is 15.3 Å². The van der Waals surface area contributed by atoms with E-state index in [0.29, 0.717) is 25.0 Å². The molecule has 2 fully saturated rings. The molecule has 2 aliphatic rings. The van der Waals surface area contributed by atoms with E-state index in [9.17, 15) is 10.2 Å². The van der Waals surface area contributed by atoms with E-state index in [2.05, 4.69) is 4.90 Å². The first kappa shape index (κ1) is 8.44. The molecule has 12 heavy (non-hydrogen) atoms. The molecule has 0 radical (unpaired) electrons. The summed E-state index contributed by atoms with van der Waals surface area (Å²) in [4.78, 5) is 2.07. The molecule has 0 aromatic heterocycles. The molecule has 1 saturated heterocycles. The van der Waals surface area contributed by atoms with Crippen molar-refractivity contribution < 1.29 is 15.3 Å². The Hall–Kier alpha value is -0.160. The smallest absolute Gasteiger partial charge is 0.0938 e. The molecule has 1 aliphatic heterocycles. The number of hydrogen-bond donors (Lipinski definition) is 3. The highest BCUT2D eigenvalue weighted by Gasteiger charge is 2.45. The molecular weight excluding hydrogens is 158 g/mol. The maximum Gasteiger partial charge on any atom is 0.0938 e. The van der Waals surface area contributed by atoms with Crippen LogP contribution in [0.2, 0.25) is 0 Å². The average Bonchev–Trinajstić information content (AvgIpc) is 2.75. The van der Waals surface area contributed by atoms with Crippen LogP contribution in [0.15, 0.2) is 0 Å². The maximum atomic E-state index is 9.25. The Morgan fingerprint density at radius 3 is 2.17 bits per heavy atom. The number of nitrogens with zero attached hydrogens (tertiary/aromatic N) is 1. The summed E-state index contributed by atoms with van der Waals surface area (Å²) in [6, 6.07) is 0.404. The van der Waals surface area contributed by atoms with Gasteiger partial charge in [-0.3, -0.25) is 4.90 Å². The first-order valence-corrected chi connectivity index (χ1v) is 4.43. The van der Waals surface area contributed by atoms with E-state index >= 15 is 0 Å². The predicted molar refractivity (Wildman–Crippen MR) is 42.6 cm³/mol. The maximum absolute atomic E-state index is 9.25. The fraction of sp³-hybridized carbons (Fsp3) is 1.00. The summed E-state index contributed by atoms with van der Waals surface area (Å²) >= 11 is 0. The Kier molecular flexibility index (Phi) is 2.08. The number of likely N-dealkylation sites (tertiary alicyclic amines) is 1. The Morgan fingerprint density at radius 2 is 1.75 bits per heavy atom. The molecule has 1 heterocycles. The van der Waals surface area contributed by atoms with Gasteiger partial charge >= 0.3 is 0 Å². The first-order chi connectivity index (χ1) is 5.72. The fourth-order valence-corrected chi connectivity index (χ4v) is 1.94. The topological polar surface area (TPSA) is 63.9 Å². The van der Waals surface area contributed by atoms with Gasteiger partial charge in [-0.15, -0.1) is 0 Å². The monoisotopic (exact) mass is 173 g/mol. The molecule has 4 atom stereocenters. The first-order valence-electron chi connectivity index (χ1n) is 4.43. The summed E-state index contributed by atoms with van der Waals surface area (Å²) in [7, 11) is 0. The van der Waals surface area contributed by atoms with E-state index < -0.39 is 12.2 Å². The lowest BCUT2D eigenvalue weighted by Gasteiger charge is -2.13. The highest BCUT2D eigenvalue weighted by molar-refractivity contribution is 4.99. The molecule has 4 nitrogen and oxygen atoms in total. The van der Waals surface area contributed by atoms with Crippen LogP contribution in [0.4, 0.5) is 0 Å². The fourth-order valence-electron chi connectivity index (χ4n) is 1.94. The number of β-amino-alcohol motifs (C(OH)–C–C–N with tert-alkyl or cyclic N) is 2. The van der Waals surface area contributed by atoms with Gasteiger partial charge in [0.15, 0.2) is 0 Å². The molecule has 0 amide bonds. The van der Waals surface area contributed by atoms with Gasteiger partial charge in [-0.25, -0.2) is 0 Å². The molecule has 4 heteroatoms. The Morgan fingerprint density at radius 1 is 1.17 bits per heavy atom. The third-order valence-electron chi connectivity index (χ3n) is 2.88. The largest absolute Gasteiger partial charge is 0.396 e. The minimum Gasteiger partial charge on any atom is -0.396 e. The average molecular weight is 173 g/mol. The van der Waals surface area contributed by atoms with Crippen LogP contribution in [0, 0.1) is 5.92 Å². The number of aliphatic hydroxyl groups excluding tert-OH is 3. The molecule has 0 aromatic rings. The summed E-state index contributed by atoms with van der Waals surface area (Å²) in [6.07, 6.45) is -0.175. The third-order valence-corrected chi connectivity index (χ3v) is 2.88. The molecular formula is C8H15NO3. The minimum absolute atomic E-state index is 0.230. The standard InChI is InChI=1S/C8H15NO3/c10-4-5-1-6(5)9-2-7(11)8(12)3-9/h5-8,10-12H,1-4H2. The van der Waals surface area contributed by atoms with Crippen molar-refractivity contribution in [3.05, 3.63) is 0 Å². The SMILES string of the molecule is OCC1CC1N1CC(O)C(O)C1. The Bertz CT molecular complexity index is 166. The molecule has 0 bridgehead atoms. The van der Waals surface area contributed by atoms with Crippen LogP contribution in [-0.4, -0.2) is 58.2 Å². The summed E-state index contributed by atoms with van der Waals surface area (Å²) in [6.45, 7) is 1.35. The van der Waals surface area contributed by atoms with Crippen LogP contribution < -0.4 is 0 Å². The van der Waals surface area contributed by atoms with Crippen LogP contribution in [0.25, 0.3) is 0 Å². The van der Waals surface area contributed by atoms with Gasteiger partial charge in [-0.05, 0) is 12.3 Å². The van der Waals surface area contributed by atoms with E-state index in [1.165, 1.54) is 0 Å². The van der Waals surface area contributed by atoms with E-state index in [1.54, 1.807) is 0 Å². The van der Waals surface area contributed by atoms with E-state index in [4.69, 9.17) is 5.11 Å². The lowest BCUT2D eigenvalue weighted by atomic mass is 10.3. The molecule has 0 spiro atoms. The van der Waals surface area contributed by atoms with Crippen molar-refractivity contribution in [2.75, 3.05) is 19.7 Å². The Labute approximate surface area is 71.4 Å². The van der Waals surface area contributed by atoms with Gasteiger partial charge in [0.2, 0.25) is 0 Å². The molecule has 4 unspecified atom stereocenters. The van der Waals surface area contributed by atoms with Gasteiger partial charge in [0, 0.05) is 25.7 Å². The normalized spacial score (nSPS) is 48.2. The van der Waals surface area contributed by atoms with Gasteiger partial charge in [0.05, 0.1) is 12.2 Å². The number of aliphatic hydroxyl groups is 3. The predicted octanol–water partition coefficient (Wildman–Crippen LogP) is -1.60. The van der Waals surface area contributed by atoms with Crippen molar-refractivity contribution in [3.63, 3.8) is 0 Å². The molecule has 2 rings (SSSR count). The van der Waals surface area contributed by atoms with Crippen molar-refractivity contribution in [2.45, 2.75) is 24.7 Å². The van der Waals surface area contributed by atoms with Crippen LogP contribution in [-0.2, 0) is 0 Å². The van der Waals surface area contributed by atoms with Crippen molar-refractivity contribution >= 4 is 0 Å². The minimum atomic E-state index is -0.593. The zero-order chi connectivity index (χ0) is 8.72. The highest BCUT2D eigenvalue weighted by Crippen LogP contribution is 2.36. The molecule has 0 aromatic carbocycles. The second-order valence-corrected chi connectivity index (χ2v) is 3.83. The Balaban J connectivity index is 1.84. The van der Waals surface area contributed by atoms with Gasteiger partial charge in [-0.2, -0.15) is 0 Å². The van der Waals surface area contributed by atoms with Crippen molar-refractivity contribution in [1.29, 1.82) is 0 Å². The van der Waals surface area contributed by atoms with Crippen LogP contribution in [0.3, 0.4) is 0 Å². The quantitative estimate of drug-likeness (QED) is 0.471. The van der Waals surface area contributed by atoms with Crippen LogP contribution in [0.1, 0.15) is 6.42 Å².